The number of benzene rings is 1. The highest BCUT2D eigenvalue weighted by atomic mass is 16.6. The fourth-order valence-corrected chi connectivity index (χ4v) is 6.68. The van der Waals surface area contributed by atoms with Crippen molar-refractivity contribution in [2.24, 2.45) is 22.7 Å². The maximum Gasteiger partial charge on any atom is 0.311 e. The van der Waals surface area contributed by atoms with Crippen molar-refractivity contribution in [1.82, 2.24) is 0 Å². The third-order valence-corrected chi connectivity index (χ3v) is 9.66. The predicted octanol–water partition coefficient (Wildman–Crippen LogP) is 8.92. The largest absolute Gasteiger partial charge is 0.481 e. The molecule has 1 N–H and O–H groups in total. The SMILES string of the molecule is CCCCCCCCCCCCOC(=O)C(CC(CC(C)(CC(CC)c1ccccc1)C(=O)OC)C(=O)O)CC(C)(C)C(=O)OCCOC. The van der Waals surface area contributed by atoms with Crippen LogP contribution in [0.1, 0.15) is 142 Å². The van der Waals surface area contributed by atoms with Gasteiger partial charge in [0.2, 0.25) is 0 Å². The molecule has 0 saturated heterocycles. The van der Waals surface area contributed by atoms with Crippen LogP contribution in [-0.4, -0.2) is 63.0 Å². The summed E-state index contributed by atoms with van der Waals surface area (Å²) in [6.07, 6.45) is 12.5. The van der Waals surface area contributed by atoms with Crippen molar-refractivity contribution in [2.75, 3.05) is 34.0 Å². The smallest absolute Gasteiger partial charge is 0.311 e. The summed E-state index contributed by atoms with van der Waals surface area (Å²) in [5.74, 6) is -4.60. The summed E-state index contributed by atoms with van der Waals surface area (Å²) in [4.78, 5) is 52.7. The second kappa shape index (κ2) is 24.2. The highest BCUT2D eigenvalue weighted by molar-refractivity contribution is 5.80. The van der Waals surface area contributed by atoms with E-state index in [9.17, 15) is 24.3 Å². The molecule has 9 nitrogen and oxygen atoms in total. The Balaban J connectivity index is 3.09. The molecule has 49 heavy (non-hydrogen) atoms. The van der Waals surface area contributed by atoms with Gasteiger partial charge >= 0.3 is 23.9 Å². The van der Waals surface area contributed by atoms with Crippen molar-refractivity contribution in [3.05, 3.63) is 35.9 Å². The van der Waals surface area contributed by atoms with Crippen LogP contribution >= 0.6 is 0 Å². The van der Waals surface area contributed by atoms with Gasteiger partial charge in [-0.1, -0.05) is 102 Å². The zero-order valence-corrected chi connectivity index (χ0v) is 31.6. The number of methoxy groups -OCH3 is 2. The lowest BCUT2D eigenvalue weighted by molar-refractivity contribution is -0.159. The molecule has 4 unspecified atom stereocenters. The Morgan fingerprint density at radius 3 is 1.82 bits per heavy atom. The summed E-state index contributed by atoms with van der Waals surface area (Å²) in [6.45, 7) is 9.92. The number of hydrogen-bond acceptors (Lipinski definition) is 8. The molecule has 280 valence electrons. The molecule has 9 heteroatoms. The molecule has 0 amide bonds. The lowest BCUT2D eigenvalue weighted by atomic mass is 9.70. The number of unbranched alkanes of at least 4 members (excludes halogenated alkanes) is 9. The van der Waals surface area contributed by atoms with Crippen molar-refractivity contribution in [1.29, 1.82) is 0 Å². The van der Waals surface area contributed by atoms with Gasteiger partial charge in [0.25, 0.3) is 0 Å². The Kier molecular flexibility index (Phi) is 21.8. The number of rotatable bonds is 28. The van der Waals surface area contributed by atoms with Crippen LogP contribution in [0.4, 0.5) is 0 Å². The minimum atomic E-state index is -1.13. The van der Waals surface area contributed by atoms with Gasteiger partial charge < -0.3 is 24.1 Å². The van der Waals surface area contributed by atoms with E-state index in [1.165, 1.54) is 52.7 Å². The Bertz CT molecular complexity index is 1090. The third-order valence-electron chi connectivity index (χ3n) is 9.66. The van der Waals surface area contributed by atoms with E-state index in [-0.39, 0.29) is 45.0 Å². The van der Waals surface area contributed by atoms with Gasteiger partial charge in [0.05, 0.1) is 43.0 Å². The topological polar surface area (TPSA) is 125 Å². The Labute approximate surface area is 296 Å². The first-order valence-electron chi connectivity index (χ1n) is 18.5. The average Bonchev–Trinajstić information content (AvgIpc) is 3.08. The van der Waals surface area contributed by atoms with Gasteiger partial charge in [-0.3, -0.25) is 19.2 Å². The van der Waals surface area contributed by atoms with E-state index in [0.29, 0.717) is 6.42 Å². The number of carboxylic acid groups (broad SMARTS) is 1. The second-order valence-electron chi connectivity index (χ2n) is 14.5. The predicted molar refractivity (Wildman–Crippen MR) is 192 cm³/mol. The van der Waals surface area contributed by atoms with Crippen LogP contribution in [-0.2, 0) is 38.1 Å². The molecule has 0 heterocycles. The zero-order chi connectivity index (χ0) is 36.7. The van der Waals surface area contributed by atoms with Gasteiger partial charge in [-0.15, -0.1) is 0 Å². The molecule has 4 atom stereocenters. The summed E-state index contributed by atoms with van der Waals surface area (Å²) in [5.41, 5.74) is -1.16. The average molecular weight is 691 g/mol. The highest BCUT2D eigenvalue weighted by Crippen LogP contribution is 2.42. The van der Waals surface area contributed by atoms with Crippen LogP contribution < -0.4 is 0 Å². The van der Waals surface area contributed by atoms with E-state index < -0.39 is 46.5 Å². The van der Waals surface area contributed by atoms with Gasteiger partial charge in [0, 0.05) is 7.11 Å². The lowest BCUT2D eigenvalue weighted by Gasteiger charge is -2.34. The van der Waals surface area contributed by atoms with Gasteiger partial charge in [0.15, 0.2) is 0 Å². The highest BCUT2D eigenvalue weighted by Gasteiger charge is 2.44. The molecule has 1 aromatic rings. The van der Waals surface area contributed by atoms with E-state index in [1.54, 1.807) is 20.8 Å². The number of carbonyl (C=O) groups is 4. The number of ether oxygens (including phenoxy) is 4. The van der Waals surface area contributed by atoms with Crippen molar-refractivity contribution in [3.8, 4) is 0 Å². The molecule has 0 aliphatic rings. The summed E-state index contributed by atoms with van der Waals surface area (Å²) in [6, 6.07) is 9.84. The number of carboxylic acids is 1. The van der Waals surface area contributed by atoms with Crippen molar-refractivity contribution in [2.45, 2.75) is 137 Å². The third kappa shape index (κ3) is 17.0. The van der Waals surface area contributed by atoms with Crippen LogP contribution in [0.25, 0.3) is 0 Å². The minimum Gasteiger partial charge on any atom is -0.481 e. The van der Waals surface area contributed by atoms with E-state index in [2.05, 4.69) is 6.92 Å². The first-order chi connectivity index (χ1) is 23.3. The molecule has 0 saturated carbocycles. The van der Waals surface area contributed by atoms with Crippen molar-refractivity contribution in [3.63, 3.8) is 0 Å². The first-order valence-corrected chi connectivity index (χ1v) is 18.5. The molecule has 0 spiro atoms. The maximum atomic E-state index is 13.6. The summed E-state index contributed by atoms with van der Waals surface area (Å²) in [5, 5.41) is 10.4. The number of esters is 3. The Hall–Kier alpha value is -2.94. The van der Waals surface area contributed by atoms with Crippen LogP contribution in [0.15, 0.2) is 30.3 Å². The summed E-state index contributed by atoms with van der Waals surface area (Å²) in [7, 11) is 2.82. The van der Waals surface area contributed by atoms with Crippen molar-refractivity contribution < 1.29 is 43.2 Å². The molecule has 0 radical (unpaired) electrons. The normalized spacial score (nSPS) is 14.7. The molecular weight excluding hydrogens is 624 g/mol. The van der Waals surface area contributed by atoms with Gasteiger partial charge in [-0.05, 0) is 70.8 Å². The van der Waals surface area contributed by atoms with Crippen LogP contribution in [0.2, 0.25) is 0 Å². The summed E-state index contributed by atoms with van der Waals surface area (Å²) < 4.78 is 21.3. The van der Waals surface area contributed by atoms with Crippen LogP contribution in [0.3, 0.4) is 0 Å². The van der Waals surface area contributed by atoms with Crippen molar-refractivity contribution >= 4 is 23.9 Å². The molecule has 0 aromatic heterocycles. The number of aliphatic carboxylic acids is 1. The molecule has 0 aliphatic heterocycles. The van der Waals surface area contributed by atoms with Gasteiger partial charge in [-0.2, -0.15) is 0 Å². The number of carbonyl (C=O) groups excluding carboxylic acids is 3. The fraction of sp³-hybridized carbons (Fsp3) is 0.750. The fourth-order valence-electron chi connectivity index (χ4n) is 6.68. The molecule has 1 rings (SSSR count). The maximum absolute atomic E-state index is 13.6. The standard InChI is InChI=1S/C40H66O9/c1-8-10-11-12-13-14-15-16-17-21-24-48-36(43)34(28-39(3,4)37(44)49-26-25-46-6)27-33(35(41)42)30-40(5,38(45)47-7)29-31(9-2)32-22-19-18-20-23-32/h18-20,22-23,31,33-34H,8-17,21,24-30H2,1-7H3,(H,41,42). The molecule has 0 aliphatic carbocycles. The van der Waals surface area contributed by atoms with Crippen LogP contribution in [0, 0.1) is 22.7 Å². The van der Waals surface area contributed by atoms with E-state index >= 15 is 0 Å². The van der Waals surface area contributed by atoms with Gasteiger partial charge in [0.1, 0.15) is 6.61 Å². The molecule has 0 bridgehead atoms. The molecule has 1 aromatic carbocycles. The monoisotopic (exact) mass is 690 g/mol. The van der Waals surface area contributed by atoms with E-state index in [4.69, 9.17) is 18.9 Å². The quantitative estimate of drug-likeness (QED) is 0.0521. The lowest BCUT2D eigenvalue weighted by Crippen LogP contribution is -2.38. The van der Waals surface area contributed by atoms with E-state index in [0.717, 1.165) is 37.7 Å². The second-order valence-corrected chi connectivity index (χ2v) is 14.5. The summed E-state index contributed by atoms with van der Waals surface area (Å²) >= 11 is 0. The van der Waals surface area contributed by atoms with E-state index in [1.807, 2.05) is 37.3 Å². The molecule has 0 fully saturated rings. The number of hydrogen-bond donors (Lipinski definition) is 1. The Morgan fingerprint density at radius 2 is 1.29 bits per heavy atom. The Morgan fingerprint density at radius 1 is 0.694 bits per heavy atom. The minimum absolute atomic E-state index is 0.00219. The van der Waals surface area contributed by atoms with Gasteiger partial charge in [-0.25, -0.2) is 0 Å². The first kappa shape index (κ1) is 44.1. The zero-order valence-electron chi connectivity index (χ0n) is 31.6. The molecular formula is C40H66O9. The van der Waals surface area contributed by atoms with Crippen LogP contribution in [0.5, 0.6) is 0 Å².